The third-order valence-corrected chi connectivity index (χ3v) is 7.71. The van der Waals surface area contributed by atoms with E-state index in [0.717, 1.165) is 34.7 Å². The summed E-state index contributed by atoms with van der Waals surface area (Å²) in [5, 5.41) is 9.37. The summed E-state index contributed by atoms with van der Waals surface area (Å²) < 4.78 is 3.37. The molecule has 2 aromatic carbocycles. The minimum absolute atomic E-state index is 0.0712. The Hall–Kier alpha value is -3.41. The lowest BCUT2D eigenvalue weighted by Crippen LogP contribution is -2.45. The summed E-state index contributed by atoms with van der Waals surface area (Å²) in [6.45, 7) is 7.05. The van der Waals surface area contributed by atoms with Crippen LogP contribution in [0.25, 0.3) is 21.8 Å². The minimum Gasteiger partial charge on any atom is -0.351 e. The van der Waals surface area contributed by atoms with Crippen molar-refractivity contribution in [1.82, 2.24) is 19.7 Å². The van der Waals surface area contributed by atoms with Crippen LogP contribution in [0.2, 0.25) is 0 Å². The number of amides is 1. The lowest BCUT2D eigenvalue weighted by Gasteiger charge is -2.34. The molecule has 6 heteroatoms. The van der Waals surface area contributed by atoms with Gasteiger partial charge in [-0.05, 0) is 42.4 Å². The standard InChI is InChI=1S/C28H32N4O2/c1-18-10-8-13-24(20(18)3)30-26(33)17-32-28(34)27-23(15-29-32)22-12-6-7-14-25(22)31(27)16-21-11-5-4-9-19(21)2/h4-7,9,11-12,14-15,18,20,24H,8,10,13,16-17H2,1-3H3,(H,30,33)/t18-,20-,24+/m0/s1. The third kappa shape index (κ3) is 4.02. The molecule has 0 bridgehead atoms. The average molecular weight is 457 g/mol. The van der Waals surface area contributed by atoms with Crippen molar-refractivity contribution in [3.8, 4) is 0 Å². The topological polar surface area (TPSA) is 68.9 Å². The molecule has 1 saturated carbocycles. The van der Waals surface area contributed by atoms with Crippen LogP contribution in [0.5, 0.6) is 0 Å². The summed E-state index contributed by atoms with van der Waals surface area (Å²) in [5.41, 5.74) is 3.69. The van der Waals surface area contributed by atoms with Crippen molar-refractivity contribution < 1.29 is 4.79 Å². The van der Waals surface area contributed by atoms with Crippen LogP contribution < -0.4 is 10.9 Å². The molecule has 2 aromatic heterocycles. The highest BCUT2D eigenvalue weighted by Crippen LogP contribution is 2.30. The van der Waals surface area contributed by atoms with Crippen LogP contribution in [-0.4, -0.2) is 26.3 Å². The van der Waals surface area contributed by atoms with E-state index >= 15 is 0 Å². The van der Waals surface area contributed by atoms with Crippen LogP contribution in [-0.2, 0) is 17.9 Å². The molecule has 6 nitrogen and oxygen atoms in total. The number of para-hydroxylation sites is 1. The molecule has 3 atom stereocenters. The van der Waals surface area contributed by atoms with Gasteiger partial charge in [0.1, 0.15) is 12.1 Å². The second-order valence-electron chi connectivity index (χ2n) is 9.84. The number of nitrogens with one attached hydrogen (secondary N) is 1. The van der Waals surface area contributed by atoms with Gasteiger partial charge in [-0.2, -0.15) is 5.10 Å². The third-order valence-electron chi connectivity index (χ3n) is 7.71. The van der Waals surface area contributed by atoms with Crippen LogP contribution in [0.4, 0.5) is 0 Å². The smallest absolute Gasteiger partial charge is 0.291 e. The highest BCUT2D eigenvalue weighted by atomic mass is 16.2. The lowest BCUT2D eigenvalue weighted by molar-refractivity contribution is -0.123. The number of carbonyl (C=O) groups is 1. The lowest BCUT2D eigenvalue weighted by atomic mass is 9.78. The van der Waals surface area contributed by atoms with Gasteiger partial charge in [0.2, 0.25) is 5.91 Å². The number of aromatic nitrogens is 3. The second-order valence-corrected chi connectivity index (χ2v) is 9.84. The highest BCUT2D eigenvalue weighted by molar-refractivity contribution is 6.07. The zero-order chi connectivity index (χ0) is 23.8. The van der Waals surface area contributed by atoms with Crippen molar-refractivity contribution in [1.29, 1.82) is 0 Å². The molecule has 1 aliphatic rings. The van der Waals surface area contributed by atoms with E-state index in [1.165, 1.54) is 16.7 Å². The van der Waals surface area contributed by atoms with Gasteiger partial charge in [-0.3, -0.25) is 9.59 Å². The summed E-state index contributed by atoms with van der Waals surface area (Å²) in [5.74, 6) is 0.872. The molecule has 176 valence electrons. The molecule has 5 rings (SSSR count). The zero-order valence-corrected chi connectivity index (χ0v) is 20.1. The Bertz CT molecular complexity index is 1420. The molecule has 4 aromatic rings. The van der Waals surface area contributed by atoms with Crippen molar-refractivity contribution >= 4 is 27.7 Å². The molecular formula is C28H32N4O2. The Morgan fingerprint density at radius 2 is 1.82 bits per heavy atom. The van der Waals surface area contributed by atoms with Gasteiger partial charge in [-0.1, -0.05) is 69.2 Å². The molecule has 1 aliphatic carbocycles. The van der Waals surface area contributed by atoms with Crippen molar-refractivity contribution in [3.63, 3.8) is 0 Å². The van der Waals surface area contributed by atoms with Gasteiger partial charge in [0, 0.05) is 28.9 Å². The van der Waals surface area contributed by atoms with Crippen LogP contribution in [0.15, 0.2) is 59.5 Å². The first-order valence-electron chi connectivity index (χ1n) is 12.2. The minimum atomic E-state index is -0.234. The Labute approximate surface area is 199 Å². The molecule has 0 saturated heterocycles. The largest absolute Gasteiger partial charge is 0.351 e. The maximum Gasteiger partial charge on any atom is 0.291 e. The van der Waals surface area contributed by atoms with Gasteiger partial charge in [0.05, 0.1) is 6.20 Å². The number of hydrogen-bond acceptors (Lipinski definition) is 3. The SMILES string of the molecule is Cc1ccccc1Cn1c2ccccc2c2cnn(CC(=O)N[C@@H]3CCC[C@H](C)[C@@H]3C)c(=O)c21. The van der Waals surface area contributed by atoms with Gasteiger partial charge in [0.15, 0.2) is 0 Å². The summed E-state index contributed by atoms with van der Waals surface area (Å²) in [6, 6.07) is 16.4. The van der Waals surface area contributed by atoms with E-state index in [4.69, 9.17) is 0 Å². The average Bonchev–Trinajstić information content (AvgIpc) is 3.14. The van der Waals surface area contributed by atoms with Crippen LogP contribution in [0.3, 0.4) is 0 Å². The molecule has 0 radical (unpaired) electrons. The summed E-state index contributed by atoms with van der Waals surface area (Å²) in [7, 11) is 0. The molecule has 0 unspecified atom stereocenters. The normalized spacial score (nSPS) is 20.6. The monoisotopic (exact) mass is 456 g/mol. The van der Waals surface area contributed by atoms with E-state index in [0.29, 0.717) is 23.9 Å². The van der Waals surface area contributed by atoms with Gasteiger partial charge >= 0.3 is 0 Å². The van der Waals surface area contributed by atoms with Crippen LogP contribution in [0.1, 0.15) is 44.2 Å². The number of aryl methyl sites for hydroxylation is 1. The van der Waals surface area contributed by atoms with E-state index in [1.54, 1.807) is 6.20 Å². The van der Waals surface area contributed by atoms with Crippen LogP contribution >= 0.6 is 0 Å². The maximum absolute atomic E-state index is 13.6. The highest BCUT2D eigenvalue weighted by Gasteiger charge is 2.28. The number of rotatable bonds is 5. The van der Waals surface area contributed by atoms with E-state index in [-0.39, 0.29) is 24.1 Å². The second kappa shape index (κ2) is 9.09. The van der Waals surface area contributed by atoms with Gasteiger partial charge in [-0.25, -0.2) is 4.68 Å². The Balaban J connectivity index is 1.52. The van der Waals surface area contributed by atoms with E-state index in [2.05, 4.69) is 47.9 Å². The number of hydrogen-bond donors (Lipinski definition) is 1. The van der Waals surface area contributed by atoms with Gasteiger partial charge in [0.25, 0.3) is 5.56 Å². The number of carbonyl (C=O) groups excluding carboxylic acids is 1. The quantitative estimate of drug-likeness (QED) is 0.475. The fourth-order valence-corrected chi connectivity index (χ4v) is 5.40. The van der Waals surface area contributed by atoms with Gasteiger partial charge in [-0.15, -0.1) is 0 Å². The first-order chi connectivity index (χ1) is 16.4. The van der Waals surface area contributed by atoms with Crippen molar-refractivity contribution in [3.05, 3.63) is 76.2 Å². The molecule has 0 spiro atoms. The number of nitrogens with zero attached hydrogens (tertiary/aromatic N) is 3. The van der Waals surface area contributed by atoms with Crippen molar-refractivity contribution in [2.45, 2.75) is 59.2 Å². The first-order valence-corrected chi connectivity index (χ1v) is 12.2. The van der Waals surface area contributed by atoms with E-state index in [9.17, 15) is 9.59 Å². The molecule has 1 amide bonds. The predicted octanol–water partition coefficient (Wildman–Crippen LogP) is 4.65. The molecule has 34 heavy (non-hydrogen) atoms. The maximum atomic E-state index is 13.6. The van der Waals surface area contributed by atoms with Crippen molar-refractivity contribution in [2.75, 3.05) is 0 Å². The Morgan fingerprint density at radius 3 is 2.65 bits per heavy atom. The summed E-state index contributed by atoms with van der Waals surface area (Å²) in [6.07, 6.45) is 5.05. The van der Waals surface area contributed by atoms with E-state index in [1.807, 2.05) is 36.4 Å². The van der Waals surface area contributed by atoms with Gasteiger partial charge < -0.3 is 9.88 Å². The Morgan fingerprint density at radius 1 is 1.06 bits per heavy atom. The van der Waals surface area contributed by atoms with Crippen molar-refractivity contribution in [2.24, 2.45) is 11.8 Å². The predicted molar refractivity (Wildman–Crippen MR) is 136 cm³/mol. The summed E-state index contributed by atoms with van der Waals surface area (Å²) >= 11 is 0. The molecule has 1 N–H and O–H groups in total. The first kappa shape index (κ1) is 22.4. The van der Waals surface area contributed by atoms with Crippen LogP contribution in [0, 0.1) is 18.8 Å². The van der Waals surface area contributed by atoms with E-state index < -0.39 is 0 Å². The summed E-state index contributed by atoms with van der Waals surface area (Å²) in [4.78, 5) is 26.5. The number of fused-ring (bicyclic) bond motifs is 3. The molecule has 2 heterocycles. The fraction of sp³-hybridized carbons (Fsp3) is 0.393. The molecule has 0 aliphatic heterocycles. The molecular weight excluding hydrogens is 424 g/mol. The molecule has 1 fully saturated rings. The zero-order valence-electron chi connectivity index (χ0n) is 20.1. The Kier molecular flexibility index (Phi) is 5.98. The fourth-order valence-electron chi connectivity index (χ4n) is 5.40. The number of benzene rings is 2.